The molecule has 1 aliphatic carbocycles. The first kappa shape index (κ1) is 12.8. The van der Waals surface area contributed by atoms with E-state index < -0.39 is 0 Å². The zero-order chi connectivity index (χ0) is 13.9. The first-order valence-electron chi connectivity index (χ1n) is 6.92. The Hall–Kier alpha value is -2.23. The Balaban J connectivity index is 1.85. The maximum atomic E-state index is 5.87. The van der Waals surface area contributed by atoms with Crippen LogP contribution < -0.4 is 15.8 Å². The molecule has 0 bridgehead atoms. The number of aryl methyl sites for hydroxylation is 1. The fraction of sp³-hybridized carbons (Fsp3) is 0.312. The van der Waals surface area contributed by atoms with E-state index >= 15 is 0 Å². The number of nitrogens with one attached hydrogen (secondary N) is 1. The molecule has 4 heteroatoms. The molecule has 4 nitrogen and oxygen atoms in total. The molecule has 1 atom stereocenters. The molecular formula is C16H19N3O. The highest BCUT2D eigenvalue weighted by Crippen LogP contribution is 2.33. The summed E-state index contributed by atoms with van der Waals surface area (Å²) >= 11 is 0. The molecule has 0 radical (unpaired) electrons. The normalized spacial score (nSPS) is 17.4. The molecule has 0 saturated heterocycles. The molecule has 3 N–H and O–H groups in total. The molecule has 0 aliphatic heterocycles. The maximum absolute atomic E-state index is 5.87. The molecule has 1 unspecified atom stereocenters. The predicted octanol–water partition coefficient (Wildman–Crippen LogP) is 3.16. The molecule has 0 spiro atoms. The summed E-state index contributed by atoms with van der Waals surface area (Å²) in [5.74, 6) is 1.47. The molecule has 0 saturated carbocycles. The Labute approximate surface area is 119 Å². The van der Waals surface area contributed by atoms with Crippen molar-refractivity contribution in [3.05, 3.63) is 47.5 Å². The van der Waals surface area contributed by atoms with E-state index in [1.54, 1.807) is 7.11 Å². The van der Waals surface area contributed by atoms with Crippen LogP contribution in [-0.4, -0.2) is 12.1 Å². The number of benzene rings is 1. The summed E-state index contributed by atoms with van der Waals surface area (Å²) < 4.78 is 5.16. The first-order chi connectivity index (χ1) is 9.76. The van der Waals surface area contributed by atoms with Crippen LogP contribution in [0.5, 0.6) is 5.88 Å². The van der Waals surface area contributed by atoms with E-state index in [9.17, 15) is 0 Å². The monoisotopic (exact) mass is 269 g/mol. The van der Waals surface area contributed by atoms with E-state index in [1.807, 2.05) is 24.3 Å². The highest BCUT2D eigenvalue weighted by molar-refractivity contribution is 5.49. The maximum Gasteiger partial charge on any atom is 0.214 e. The van der Waals surface area contributed by atoms with Gasteiger partial charge in [0.1, 0.15) is 5.82 Å². The third-order valence-corrected chi connectivity index (χ3v) is 3.74. The minimum atomic E-state index is 0.291. The highest BCUT2D eigenvalue weighted by atomic mass is 16.5. The lowest BCUT2D eigenvalue weighted by molar-refractivity contribution is 0.398. The van der Waals surface area contributed by atoms with Crippen molar-refractivity contribution in [1.82, 2.24) is 4.98 Å². The van der Waals surface area contributed by atoms with Gasteiger partial charge in [0, 0.05) is 11.8 Å². The van der Waals surface area contributed by atoms with Gasteiger partial charge in [0.25, 0.3) is 0 Å². The van der Waals surface area contributed by atoms with Crippen LogP contribution in [0.3, 0.4) is 0 Å². The van der Waals surface area contributed by atoms with E-state index in [-0.39, 0.29) is 0 Å². The molecule has 104 valence electrons. The lowest BCUT2D eigenvalue weighted by Crippen LogP contribution is -2.18. The van der Waals surface area contributed by atoms with Crippen molar-refractivity contribution in [2.24, 2.45) is 0 Å². The van der Waals surface area contributed by atoms with Crippen molar-refractivity contribution in [1.29, 1.82) is 0 Å². The van der Waals surface area contributed by atoms with Gasteiger partial charge < -0.3 is 15.8 Å². The summed E-state index contributed by atoms with van der Waals surface area (Å²) in [6.07, 6.45) is 3.37. The van der Waals surface area contributed by atoms with Crippen LogP contribution in [0.25, 0.3) is 0 Å². The molecule has 2 aromatic rings. The average Bonchev–Trinajstić information content (AvgIpc) is 2.47. The average molecular weight is 269 g/mol. The first-order valence-corrected chi connectivity index (χ1v) is 6.92. The second-order valence-electron chi connectivity index (χ2n) is 5.11. The lowest BCUT2D eigenvalue weighted by atomic mass is 9.87. The number of ether oxygens (including phenoxy) is 1. The minimum absolute atomic E-state index is 0.291. The number of methoxy groups -OCH3 is 1. The zero-order valence-electron chi connectivity index (χ0n) is 11.6. The number of nitrogens with two attached hydrogens (primary N) is 1. The molecular weight excluding hydrogens is 250 g/mol. The summed E-state index contributed by atoms with van der Waals surface area (Å²) in [6.45, 7) is 0. The predicted molar refractivity (Wildman–Crippen MR) is 80.9 cm³/mol. The molecule has 1 aromatic carbocycles. The van der Waals surface area contributed by atoms with E-state index in [0.717, 1.165) is 30.8 Å². The topological polar surface area (TPSA) is 60.2 Å². The number of anilines is 2. The van der Waals surface area contributed by atoms with Crippen molar-refractivity contribution in [2.45, 2.75) is 25.3 Å². The quantitative estimate of drug-likeness (QED) is 0.840. The van der Waals surface area contributed by atoms with Gasteiger partial charge in [0.2, 0.25) is 5.88 Å². The van der Waals surface area contributed by atoms with Crippen molar-refractivity contribution in [3.8, 4) is 5.88 Å². The van der Waals surface area contributed by atoms with Crippen molar-refractivity contribution in [3.63, 3.8) is 0 Å². The molecule has 0 amide bonds. The van der Waals surface area contributed by atoms with Gasteiger partial charge in [-0.25, -0.2) is 0 Å². The fourth-order valence-corrected chi connectivity index (χ4v) is 2.77. The highest BCUT2D eigenvalue weighted by Gasteiger charge is 2.20. The van der Waals surface area contributed by atoms with Gasteiger partial charge >= 0.3 is 0 Å². The van der Waals surface area contributed by atoms with Crippen LogP contribution in [0.4, 0.5) is 11.5 Å². The fourth-order valence-electron chi connectivity index (χ4n) is 2.77. The van der Waals surface area contributed by atoms with Gasteiger partial charge in [0.05, 0.1) is 13.2 Å². The third kappa shape index (κ3) is 2.54. The van der Waals surface area contributed by atoms with Crippen LogP contribution >= 0.6 is 0 Å². The Bertz CT molecular complexity index is 612. The lowest BCUT2D eigenvalue weighted by Gasteiger charge is -2.27. The SMILES string of the molecule is COc1cccc(NC2CCCc3cc(N)ccc32)n1. The van der Waals surface area contributed by atoms with E-state index in [1.165, 1.54) is 11.1 Å². The number of fused-ring (bicyclic) bond motifs is 1. The Morgan fingerprint density at radius 3 is 3.05 bits per heavy atom. The van der Waals surface area contributed by atoms with Crippen LogP contribution in [0, 0.1) is 0 Å². The second kappa shape index (κ2) is 5.41. The summed E-state index contributed by atoms with van der Waals surface area (Å²) in [5, 5.41) is 3.50. The van der Waals surface area contributed by atoms with Crippen molar-refractivity contribution >= 4 is 11.5 Å². The van der Waals surface area contributed by atoms with Crippen molar-refractivity contribution < 1.29 is 4.74 Å². The molecule has 0 fully saturated rings. The third-order valence-electron chi connectivity index (χ3n) is 3.74. The number of hydrogen-bond acceptors (Lipinski definition) is 4. The number of hydrogen-bond donors (Lipinski definition) is 2. The summed E-state index contributed by atoms with van der Waals surface area (Å²) in [7, 11) is 1.63. The number of nitrogen functional groups attached to an aromatic ring is 1. The van der Waals surface area contributed by atoms with Crippen LogP contribution in [0.15, 0.2) is 36.4 Å². The van der Waals surface area contributed by atoms with Crippen molar-refractivity contribution in [2.75, 3.05) is 18.2 Å². The van der Waals surface area contributed by atoms with E-state index in [4.69, 9.17) is 10.5 Å². The number of rotatable bonds is 3. The summed E-state index contributed by atoms with van der Waals surface area (Å²) in [4.78, 5) is 4.42. The summed E-state index contributed by atoms with van der Waals surface area (Å²) in [6, 6.07) is 12.2. The van der Waals surface area contributed by atoms with Crippen LogP contribution in [0.1, 0.15) is 30.0 Å². The Morgan fingerprint density at radius 2 is 2.20 bits per heavy atom. The molecule has 1 heterocycles. The van der Waals surface area contributed by atoms with Gasteiger partial charge in [-0.1, -0.05) is 12.1 Å². The van der Waals surface area contributed by atoms with E-state index in [2.05, 4.69) is 22.4 Å². The molecule has 3 rings (SSSR count). The van der Waals surface area contributed by atoms with E-state index in [0.29, 0.717) is 11.9 Å². The molecule has 1 aromatic heterocycles. The smallest absolute Gasteiger partial charge is 0.214 e. The number of pyridine rings is 1. The largest absolute Gasteiger partial charge is 0.481 e. The molecule has 1 aliphatic rings. The van der Waals surface area contributed by atoms with Gasteiger partial charge in [-0.15, -0.1) is 0 Å². The van der Waals surface area contributed by atoms with Crippen LogP contribution in [-0.2, 0) is 6.42 Å². The molecule has 20 heavy (non-hydrogen) atoms. The Morgan fingerprint density at radius 1 is 1.30 bits per heavy atom. The minimum Gasteiger partial charge on any atom is -0.481 e. The number of aromatic nitrogens is 1. The zero-order valence-corrected chi connectivity index (χ0v) is 11.6. The van der Waals surface area contributed by atoms with Gasteiger partial charge in [-0.3, -0.25) is 0 Å². The van der Waals surface area contributed by atoms with Gasteiger partial charge in [-0.05, 0) is 48.6 Å². The van der Waals surface area contributed by atoms with Crippen LogP contribution in [0.2, 0.25) is 0 Å². The number of nitrogens with zero attached hydrogens (tertiary/aromatic N) is 1. The second-order valence-corrected chi connectivity index (χ2v) is 5.11. The Kier molecular flexibility index (Phi) is 3.46. The van der Waals surface area contributed by atoms with Gasteiger partial charge in [0.15, 0.2) is 0 Å². The van der Waals surface area contributed by atoms with Gasteiger partial charge in [-0.2, -0.15) is 4.98 Å². The summed E-state index contributed by atoms with van der Waals surface area (Å²) in [5.41, 5.74) is 9.38. The standard InChI is InChI=1S/C16H19N3O/c1-20-16-7-3-6-15(19-16)18-14-5-2-4-11-10-12(17)8-9-13(11)14/h3,6-10,14H,2,4-5,17H2,1H3,(H,18,19).